The van der Waals surface area contributed by atoms with E-state index in [-0.39, 0.29) is 11.9 Å². The molecule has 2 aromatic heterocycles. The van der Waals surface area contributed by atoms with Crippen molar-refractivity contribution in [3.63, 3.8) is 0 Å². The minimum atomic E-state index is 0.110. The maximum atomic E-state index is 11.5. The van der Waals surface area contributed by atoms with E-state index in [0.717, 1.165) is 24.0 Å². The molecule has 1 amide bonds. The summed E-state index contributed by atoms with van der Waals surface area (Å²) in [5.41, 5.74) is 2.21. The minimum Gasteiger partial charge on any atom is -0.356 e. The van der Waals surface area contributed by atoms with Gasteiger partial charge in [0.1, 0.15) is 0 Å². The number of amides is 1. The van der Waals surface area contributed by atoms with Crippen LogP contribution in [0.15, 0.2) is 23.7 Å². The molecular formula is C15H21N3OS. The molecule has 0 radical (unpaired) electrons. The van der Waals surface area contributed by atoms with E-state index in [2.05, 4.69) is 34.0 Å². The molecule has 0 aliphatic rings. The number of carbonyl (C=O) groups is 1. The highest BCUT2D eigenvalue weighted by atomic mass is 32.1. The average Bonchev–Trinajstić information content (AvgIpc) is 2.92. The van der Waals surface area contributed by atoms with Crippen LogP contribution in [0.2, 0.25) is 0 Å². The Morgan fingerprint density at radius 2 is 2.30 bits per heavy atom. The Labute approximate surface area is 123 Å². The van der Waals surface area contributed by atoms with Crippen molar-refractivity contribution in [2.45, 2.75) is 32.7 Å². The van der Waals surface area contributed by atoms with Gasteiger partial charge in [-0.2, -0.15) is 0 Å². The number of carbonyl (C=O) groups excluding carboxylic acids is 1. The first-order valence-corrected chi connectivity index (χ1v) is 7.92. The van der Waals surface area contributed by atoms with Gasteiger partial charge in [-0.1, -0.05) is 6.92 Å². The highest BCUT2D eigenvalue weighted by Gasteiger charge is 2.08. The monoisotopic (exact) mass is 291 g/mol. The van der Waals surface area contributed by atoms with Crippen molar-refractivity contribution in [2.24, 2.45) is 0 Å². The maximum Gasteiger partial charge on any atom is 0.221 e. The fraction of sp³-hybridized carbons (Fsp3) is 0.467. The standard InChI is InChI=1S/C15H21N3OS/c1-3-6-17-15(19)4-7-16-11(2)12-9-14-13(18-10-12)5-8-20-14/h5,8-11,16H,3-4,6-7H2,1-2H3,(H,17,19). The van der Waals surface area contributed by atoms with Crippen LogP contribution in [-0.2, 0) is 4.79 Å². The van der Waals surface area contributed by atoms with Crippen LogP contribution in [0.25, 0.3) is 10.2 Å². The molecule has 2 heterocycles. The normalized spacial score (nSPS) is 12.5. The number of pyridine rings is 1. The zero-order chi connectivity index (χ0) is 14.4. The summed E-state index contributed by atoms with van der Waals surface area (Å²) in [4.78, 5) is 15.9. The van der Waals surface area contributed by atoms with Crippen molar-refractivity contribution in [1.82, 2.24) is 15.6 Å². The van der Waals surface area contributed by atoms with Gasteiger partial charge < -0.3 is 10.6 Å². The second-order valence-electron chi connectivity index (χ2n) is 4.85. The smallest absolute Gasteiger partial charge is 0.221 e. The molecule has 20 heavy (non-hydrogen) atoms. The minimum absolute atomic E-state index is 0.110. The molecular weight excluding hydrogens is 270 g/mol. The molecule has 2 aromatic rings. The Morgan fingerprint density at radius 1 is 1.45 bits per heavy atom. The summed E-state index contributed by atoms with van der Waals surface area (Å²) in [6.45, 7) is 5.58. The van der Waals surface area contributed by atoms with Gasteiger partial charge in [-0.05, 0) is 36.4 Å². The molecule has 1 atom stereocenters. The molecule has 4 nitrogen and oxygen atoms in total. The number of hydrogen-bond acceptors (Lipinski definition) is 4. The molecule has 2 rings (SSSR count). The molecule has 0 bridgehead atoms. The van der Waals surface area contributed by atoms with Gasteiger partial charge in [0.25, 0.3) is 0 Å². The largest absolute Gasteiger partial charge is 0.356 e. The molecule has 1 unspecified atom stereocenters. The summed E-state index contributed by atoms with van der Waals surface area (Å²) in [6, 6.07) is 4.40. The molecule has 0 aliphatic carbocycles. The molecule has 0 saturated heterocycles. The van der Waals surface area contributed by atoms with Crippen LogP contribution in [0.5, 0.6) is 0 Å². The third-order valence-electron chi connectivity index (χ3n) is 3.20. The average molecular weight is 291 g/mol. The lowest BCUT2D eigenvalue weighted by atomic mass is 10.1. The van der Waals surface area contributed by atoms with Crippen LogP contribution in [0.1, 0.15) is 38.3 Å². The number of rotatable bonds is 7. The number of hydrogen-bond donors (Lipinski definition) is 2. The highest BCUT2D eigenvalue weighted by Crippen LogP contribution is 2.22. The van der Waals surface area contributed by atoms with Crippen molar-refractivity contribution in [3.05, 3.63) is 29.3 Å². The Kier molecular flexibility index (Phi) is 5.49. The number of nitrogens with zero attached hydrogens (tertiary/aromatic N) is 1. The van der Waals surface area contributed by atoms with E-state index in [9.17, 15) is 4.79 Å². The van der Waals surface area contributed by atoms with Crippen molar-refractivity contribution < 1.29 is 4.79 Å². The first kappa shape index (κ1) is 14.9. The summed E-state index contributed by atoms with van der Waals surface area (Å²) in [7, 11) is 0. The molecule has 0 aliphatic heterocycles. The number of fused-ring (bicyclic) bond motifs is 1. The topological polar surface area (TPSA) is 54.0 Å². The second kappa shape index (κ2) is 7.36. The Balaban J connectivity index is 1.82. The van der Waals surface area contributed by atoms with Gasteiger partial charge in [-0.25, -0.2) is 0 Å². The summed E-state index contributed by atoms with van der Waals surface area (Å²) in [6.07, 6.45) is 3.39. The lowest BCUT2D eigenvalue weighted by Gasteiger charge is -2.13. The van der Waals surface area contributed by atoms with Crippen molar-refractivity contribution in [3.8, 4) is 0 Å². The van der Waals surface area contributed by atoms with Crippen LogP contribution >= 0.6 is 11.3 Å². The predicted octanol–water partition coefficient (Wildman–Crippen LogP) is 2.86. The van der Waals surface area contributed by atoms with Crippen LogP contribution in [-0.4, -0.2) is 24.0 Å². The molecule has 5 heteroatoms. The summed E-state index contributed by atoms with van der Waals surface area (Å²) < 4.78 is 1.21. The second-order valence-corrected chi connectivity index (χ2v) is 5.80. The first-order chi connectivity index (χ1) is 9.70. The van der Waals surface area contributed by atoms with Crippen molar-refractivity contribution >= 4 is 27.5 Å². The molecule has 108 valence electrons. The van der Waals surface area contributed by atoms with Crippen LogP contribution in [0.4, 0.5) is 0 Å². The van der Waals surface area contributed by atoms with Crippen LogP contribution in [0.3, 0.4) is 0 Å². The molecule has 0 spiro atoms. The third-order valence-corrected chi connectivity index (χ3v) is 4.05. The summed E-state index contributed by atoms with van der Waals surface area (Å²) in [5, 5.41) is 8.30. The fourth-order valence-electron chi connectivity index (χ4n) is 1.97. The summed E-state index contributed by atoms with van der Waals surface area (Å²) >= 11 is 1.70. The number of thiophene rings is 1. The van der Waals surface area contributed by atoms with Gasteiger partial charge in [0.2, 0.25) is 5.91 Å². The molecule has 0 aromatic carbocycles. The maximum absolute atomic E-state index is 11.5. The number of nitrogens with one attached hydrogen (secondary N) is 2. The van der Waals surface area contributed by atoms with E-state index in [4.69, 9.17) is 0 Å². The lowest BCUT2D eigenvalue weighted by Crippen LogP contribution is -2.29. The zero-order valence-corrected chi connectivity index (χ0v) is 12.8. The van der Waals surface area contributed by atoms with E-state index >= 15 is 0 Å². The van der Waals surface area contributed by atoms with Gasteiger partial charge in [0.15, 0.2) is 0 Å². The highest BCUT2D eigenvalue weighted by molar-refractivity contribution is 7.17. The van der Waals surface area contributed by atoms with E-state index in [1.54, 1.807) is 11.3 Å². The third kappa shape index (κ3) is 4.02. The Hall–Kier alpha value is -1.46. The molecule has 0 fully saturated rings. The molecule has 2 N–H and O–H groups in total. The van der Waals surface area contributed by atoms with Crippen molar-refractivity contribution in [2.75, 3.05) is 13.1 Å². The van der Waals surface area contributed by atoms with Gasteiger partial charge in [0, 0.05) is 31.7 Å². The Bertz CT molecular complexity index is 567. The quantitative estimate of drug-likeness (QED) is 0.825. The predicted molar refractivity (Wildman–Crippen MR) is 84.0 cm³/mol. The van der Waals surface area contributed by atoms with Gasteiger partial charge in [-0.15, -0.1) is 11.3 Å². The van der Waals surface area contributed by atoms with Gasteiger partial charge >= 0.3 is 0 Å². The number of aromatic nitrogens is 1. The molecule has 0 saturated carbocycles. The summed E-state index contributed by atoms with van der Waals surface area (Å²) in [5.74, 6) is 0.110. The van der Waals surface area contributed by atoms with Crippen LogP contribution in [0, 0.1) is 0 Å². The fourth-order valence-corrected chi connectivity index (χ4v) is 2.76. The van der Waals surface area contributed by atoms with Crippen LogP contribution < -0.4 is 10.6 Å². The van der Waals surface area contributed by atoms with E-state index < -0.39 is 0 Å². The zero-order valence-electron chi connectivity index (χ0n) is 12.0. The van der Waals surface area contributed by atoms with E-state index in [0.29, 0.717) is 13.0 Å². The van der Waals surface area contributed by atoms with E-state index in [1.807, 2.05) is 19.2 Å². The Morgan fingerprint density at radius 3 is 3.10 bits per heavy atom. The lowest BCUT2D eigenvalue weighted by molar-refractivity contribution is -0.121. The van der Waals surface area contributed by atoms with Crippen molar-refractivity contribution in [1.29, 1.82) is 0 Å². The van der Waals surface area contributed by atoms with Gasteiger partial charge in [-0.3, -0.25) is 9.78 Å². The first-order valence-electron chi connectivity index (χ1n) is 7.04. The van der Waals surface area contributed by atoms with Gasteiger partial charge in [0.05, 0.1) is 10.2 Å². The SMILES string of the molecule is CCCNC(=O)CCNC(C)c1cnc2ccsc2c1. The van der Waals surface area contributed by atoms with E-state index in [1.165, 1.54) is 4.70 Å².